The Bertz CT molecular complexity index is 830. The van der Waals surface area contributed by atoms with E-state index < -0.39 is 0 Å². The van der Waals surface area contributed by atoms with Gasteiger partial charge in [0, 0.05) is 30.8 Å². The number of benzene rings is 1. The van der Waals surface area contributed by atoms with E-state index in [0.717, 1.165) is 25.7 Å². The molecule has 0 bridgehead atoms. The topological polar surface area (TPSA) is 71.1 Å². The van der Waals surface area contributed by atoms with E-state index in [2.05, 4.69) is 15.6 Å². The molecule has 2 amide bonds. The van der Waals surface area contributed by atoms with Crippen molar-refractivity contribution in [2.75, 3.05) is 0 Å². The minimum Gasteiger partial charge on any atom is -0.354 e. The van der Waals surface area contributed by atoms with Gasteiger partial charge in [0.15, 0.2) is 0 Å². The number of halogens is 1. The molecule has 0 saturated heterocycles. The summed E-state index contributed by atoms with van der Waals surface area (Å²) in [6.07, 6.45) is 5.27. The van der Waals surface area contributed by atoms with Crippen molar-refractivity contribution in [1.82, 2.24) is 15.6 Å². The average Bonchev–Trinajstić information content (AvgIpc) is 2.68. The first-order valence-corrected chi connectivity index (χ1v) is 9.72. The van der Waals surface area contributed by atoms with Gasteiger partial charge < -0.3 is 10.6 Å². The van der Waals surface area contributed by atoms with Gasteiger partial charge in [-0.2, -0.15) is 0 Å². The number of hydrogen-bond acceptors (Lipinski definition) is 3. The molecule has 1 aliphatic carbocycles. The van der Waals surface area contributed by atoms with Crippen LogP contribution >= 0.6 is 0 Å². The zero-order chi connectivity index (χ0) is 20.1. The number of nitrogens with one attached hydrogen (secondary N) is 2. The molecule has 1 heterocycles. The Morgan fingerprint density at radius 2 is 1.89 bits per heavy atom. The standard InChI is InChI=1S/C22H26FN3O2/c1-14(25-15(2)27)16-6-9-20(10-7-16)26-22(28)18-8-11-21(24-13-18)17-4-3-5-19(23)12-17/h3-5,8,11-14,16,20H,6-7,9-10H2,1-2H3,(H,25,27)(H,26,28)/t14-,16-,20-/m1/s1. The number of carbonyl (C=O) groups excluding carboxylic acids is 2. The van der Waals surface area contributed by atoms with Crippen LogP contribution in [0.25, 0.3) is 11.3 Å². The molecule has 0 unspecified atom stereocenters. The minimum atomic E-state index is -0.315. The van der Waals surface area contributed by atoms with Crippen molar-refractivity contribution in [2.24, 2.45) is 5.92 Å². The van der Waals surface area contributed by atoms with Gasteiger partial charge in [-0.05, 0) is 62.8 Å². The Morgan fingerprint density at radius 1 is 1.14 bits per heavy atom. The summed E-state index contributed by atoms with van der Waals surface area (Å²) in [5.41, 5.74) is 1.80. The van der Waals surface area contributed by atoms with E-state index in [0.29, 0.717) is 22.7 Å². The lowest BCUT2D eigenvalue weighted by Crippen LogP contribution is -2.42. The molecule has 1 aromatic carbocycles. The SMILES string of the molecule is CC(=O)N[C@H](C)[C@H]1CC[C@H](NC(=O)c2ccc(-c3cccc(F)c3)nc2)CC1. The van der Waals surface area contributed by atoms with E-state index in [1.165, 1.54) is 25.3 Å². The number of nitrogens with zero attached hydrogens (tertiary/aromatic N) is 1. The lowest BCUT2D eigenvalue weighted by molar-refractivity contribution is -0.120. The van der Waals surface area contributed by atoms with Crippen molar-refractivity contribution in [3.63, 3.8) is 0 Å². The monoisotopic (exact) mass is 383 g/mol. The zero-order valence-electron chi connectivity index (χ0n) is 16.2. The average molecular weight is 383 g/mol. The summed E-state index contributed by atoms with van der Waals surface area (Å²) in [7, 11) is 0. The van der Waals surface area contributed by atoms with Crippen LogP contribution in [0.5, 0.6) is 0 Å². The van der Waals surface area contributed by atoms with Crippen LogP contribution in [0.3, 0.4) is 0 Å². The largest absolute Gasteiger partial charge is 0.354 e. The highest BCUT2D eigenvalue weighted by atomic mass is 19.1. The van der Waals surface area contributed by atoms with Gasteiger partial charge in [-0.25, -0.2) is 4.39 Å². The lowest BCUT2D eigenvalue weighted by atomic mass is 9.82. The first kappa shape index (κ1) is 20.0. The zero-order valence-corrected chi connectivity index (χ0v) is 16.2. The first-order valence-electron chi connectivity index (χ1n) is 9.72. The molecular formula is C22H26FN3O2. The fourth-order valence-corrected chi connectivity index (χ4v) is 3.82. The summed E-state index contributed by atoms with van der Waals surface area (Å²) in [4.78, 5) is 28.0. The molecule has 2 N–H and O–H groups in total. The van der Waals surface area contributed by atoms with Gasteiger partial charge in [-0.1, -0.05) is 12.1 Å². The van der Waals surface area contributed by atoms with Crippen LogP contribution in [0.2, 0.25) is 0 Å². The van der Waals surface area contributed by atoms with Crippen LogP contribution in [-0.2, 0) is 4.79 Å². The third-order valence-corrected chi connectivity index (χ3v) is 5.39. The molecule has 5 nitrogen and oxygen atoms in total. The number of amides is 2. The maximum atomic E-state index is 13.3. The molecule has 1 aliphatic rings. The van der Waals surface area contributed by atoms with Crippen LogP contribution in [0.4, 0.5) is 4.39 Å². The van der Waals surface area contributed by atoms with Crippen molar-refractivity contribution in [3.8, 4) is 11.3 Å². The van der Waals surface area contributed by atoms with E-state index >= 15 is 0 Å². The molecule has 3 rings (SSSR count). The van der Waals surface area contributed by atoms with Crippen LogP contribution in [0.1, 0.15) is 49.9 Å². The Labute approximate surface area is 164 Å². The first-order chi connectivity index (χ1) is 13.4. The molecule has 6 heteroatoms. The third kappa shape index (κ3) is 5.15. The number of pyridine rings is 1. The molecule has 1 saturated carbocycles. The quantitative estimate of drug-likeness (QED) is 0.827. The van der Waals surface area contributed by atoms with Gasteiger partial charge in [0.2, 0.25) is 5.91 Å². The second-order valence-electron chi connectivity index (χ2n) is 7.52. The lowest BCUT2D eigenvalue weighted by Gasteiger charge is -2.32. The normalized spacial score (nSPS) is 20.2. The van der Waals surface area contributed by atoms with Gasteiger partial charge in [0.25, 0.3) is 5.91 Å². The van der Waals surface area contributed by atoms with E-state index in [4.69, 9.17) is 0 Å². The van der Waals surface area contributed by atoms with Gasteiger partial charge in [0.05, 0.1) is 11.3 Å². The second kappa shape index (κ2) is 8.95. The number of hydrogen-bond donors (Lipinski definition) is 2. The van der Waals surface area contributed by atoms with Gasteiger partial charge in [-0.15, -0.1) is 0 Å². The van der Waals surface area contributed by atoms with Crippen molar-refractivity contribution < 1.29 is 14.0 Å². The van der Waals surface area contributed by atoms with E-state index in [9.17, 15) is 14.0 Å². The summed E-state index contributed by atoms with van der Waals surface area (Å²) in [6, 6.07) is 9.97. The van der Waals surface area contributed by atoms with Crippen LogP contribution < -0.4 is 10.6 Å². The van der Waals surface area contributed by atoms with Crippen molar-refractivity contribution in [2.45, 2.75) is 51.6 Å². The Morgan fingerprint density at radius 3 is 2.50 bits per heavy atom. The molecule has 148 valence electrons. The minimum absolute atomic E-state index is 0.00267. The molecule has 2 aromatic rings. The summed E-state index contributed by atoms with van der Waals surface area (Å²) in [5.74, 6) is -0.0115. The molecule has 28 heavy (non-hydrogen) atoms. The maximum Gasteiger partial charge on any atom is 0.253 e. The molecule has 0 radical (unpaired) electrons. The summed E-state index contributed by atoms with van der Waals surface area (Å²) in [6.45, 7) is 3.58. The van der Waals surface area contributed by atoms with Gasteiger partial charge >= 0.3 is 0 Å². The Hall–Kier alpha value is -2.76. The molecular weight excluding hydrogens is 357 g/mol. The van der Waals surface area contributed by atoms with Crippen LogP contribution in [0.15, 0.2) is 42.6 Å². The van der Waals surface area contributed by atoms with Crippen LogP contribution in [0, 0.1) is 11.7 Å². The maximum absolute atomic E-state index is 13.3. The number of aromatic nitrogens is 1. The number of carbonyl (C=O) groups is 2. The fraction of sp³-hybridized carbons (Fsp3) is 0.409. The molecule has 0 spiro atoms. The van der Waals surface area contributed by atoms with Crippen molar-refractivity contribution >= 4 is 11.8 Å². The third-order valence-electron chi connectivity index (χ3n) is 5.39. The number of rotatable bonds is 5. The molecule has 1 fully saturated rings. The molecule has 0 aliphatic heterocycles. The van der Waals surface area contributed by atoms with E-state index in [-0.39, 0.29) is 29.7 Å². The second-order valence-corrected chi connectivity index (χ2v) is 7.52. The van der Waals surface area contributed by atoms with E-state index in [1.54, 1.807) is 24.3 Å². The molecule has 1 atom stereocenters. The Kier molecular flexibility index (Phi) is 6.39. The highest BCUT2D eigenvalue weighted by Gasteiger charge is 2.26. The summed E-state index contributed by atoms with van der Waals surface area (Å²) >= 11 is 0. The summed E-state index contributed by atoms with van der Waals surface area (Å²) < 4.78 is 13.3. The smallest absolute Gasteiger partial charge is 0.253 e. The Balaban J connectivity index is 1.53. The fourth-order valence-electron chi connectivity index (χ4n) is 3.82. The highest BCUT2D eigenvalue weighted by Crippen LogP contribution is 2.27. The predicted octanol–water partition coefficient (Wildman–Crippen LogP) is 3.70. The van der Waals surface area contributed by atoms with Crippen LogP contribution in [-0.4, -0.2) is 28.9 Å². The van der Waals surface area contributed by atoms with Gasteiger partial charge in [-0.3, -0.25) is 14.6 Å². The predicted molar refractivity (Wildman–Crippen MR) is 106 cm³/mol. The van der Waals surface area contributed by atoms with E-state index in [1.807, 2.05) is 6.92 Å². The summed E-state index contributed by atoms with van der Waals surface area (Å²) in [5, 5.41) is 6.04. The molecule has 1 aromatic heterocycles. The van der Waals surface area contributed by atoms with Crippen molar-refractivity contribution in [3.05, 3.63) is 54.0 Å². The van der Waals surface area contributed by atoms with Crippen molar-refractivity contribution in [1.29, 1.82) is 0 Å². The van der Waals surface area contributed by atoms with Gasteiger partial charge in [0.1, 0.15) is 5.82 Å². The highest BCUT2D eigenvalue weighted by molar-refractivity contribution is 5.94.